The summed E-state index contributed by atoms with van der Waals surface area (Å²) in [7, 11) is 0. The summed E-state index contributed by atoms with van der Waals surface area (Å²) < 4.78 is 0. The molecule has 0 aromatic carbocycles. The average Bonchev–Trinajstić information content (AvgIpc) is 2.92. The van der Waals surface area contributed by atoms with E-state index in [1.165, 1.54) is 12.8 Å². The van der Waals surface area contributed by atoms with Crippen LogP contribution in [0.25, 0.3) is 0 Å². The van der Waals surface area contributed by atoms with Crippen molar-refractivity contribution in [3.05, 3.63) is 12.7 Å². The Morgan fingerprint density at radius 1 is 1.33 bits per heavy atom. The SMILES string of the molecule is C=CCN(C(=O)CCC(CCN)C(C)(C)C)C1CCCC1. The van der Waals surface area contributed by atoms with Gasteiger partial charge in [-0.25, -0.2) is 0 Å². The summed E-state index contributed by atoms with van der Waals surface area (Å²) in [6, 6.07) is 0.443. The first-order valence-corrected chi connectivity index (χ1v) is 8.50. The third-order valence-electron chi connectivity index (χ3n) is 4.86. The Bertz CT molecular complexity index is 327. The summed E-state index contributed by atoms with van der Waals surface area (Å²) in [4.78, 5) is 14.7. The van der Waals surface area contributed by atoms with Crippen molar-refractivity contribution in [3.8, 4) is 0 Å². The standard InChI is InChI=1S/C18H34N2O/c1-5-14-20(16-8-6-7-9-16)17(21)11-10-15(12-13-19)18(2,3)4/h5,15-16H,1,6-14,19H2,2-4H3. The van der Waals surface area contributed by atoms with Gasteiger partial charge in [-0.3, -0.25) is 4.79 Å². The molecule has 0 spiro atoms. The van der Waals surface area contributed by atoms with Crippen LogP contribution in [0.4, 0.5) is 0 Å². The largest absolute Gasteiger partial charge is 0.336 e. The number of hydrogen-bond acceptors (Lipinski definition) is 2. The van der Waals surface area contributed by atoms with E-state index in [9.17, 15) is 4.79 Å². The Kier molecular flexibility index (Phi) is 7.44. The molecule has 1 fully saturated rings. The Hall–Kier alpha value is -0.830. The average molecular weight is 294 g/mol. The Labute approximate surface area is 131 Å². The molecule has 1 unspecified atom stereocenters. The highest BCUT2D eigenvalue weighted by atomic mass is 16.2. The van der Waals surface area contributed by atoms with Gasteiger partial charge >= 0.3 is 0 Å². The van der Waals surface area contributed by atoms with Gasteiger partial charge in [-0.1, -0.05) is 39.7 Å². The molecule has 0 bridgehead atoms. The predicted molar refractivity (Wildman–Crippen MR) is 90.0 cm³/mol. The number of nitrogens with zero attached hydrogens (tertiary/aromatic N) is 1. The van der Waals surface area contributed by atoms with Crippen LogP contribution in [0.3, 0.4) is 0 Å². The summed E-state index contributed by atoms with van der Waals surface area (Å²) in [6.07, 6.45) is 9.27. The molecule has 0 aromatic heterocycles. The number of carbonyl (C=O) groups excluding carboxylic acids is 1. The van der Waals surface area contributed by atoms with Gasteiger partial charge in [0.05, 0.1) is 0 Å². The summed E-state index contributed by atoms with van der Waals surface area (Å²) in [5.41, 5.74) is 5.95. The van der Waals surface area contributed by atoms with E-state index >= 15 is 0 Å². The molecule has 1 atom stereocenters. The van der Waals surface area contributed by atoms with Crippen molar-refractivity contribution in [2.24, 2.45) is 17.1 Å². The fourth-order valence-electron chi connectivity index (χ4n) is 3.46. The van der Waals surface area contributed by atoms with E-state index in [1.54, 1.807) is 0 Å². The quantitative estimate of drug-likeness (QED) is 0.693. The summed E-state index contributed by atoms with van der Waals surface area (Å²) in [5.74, 6) is 0.814. The van der Waals surface area contributed by atoms with E-state index in [4.69, 9.17) is 5.73 Å². The smallest absolute Gasteiger partial charge is 0.223 e. The number of amides is 1. The molecule has 0 radical (unpaired) electrons. The van der Waals surface area contributed by atoms with E-state index < -0.39 is 0 Å². The first-order valence-electron chi connectivity index (χ1n) is 8.50. The zero-order chi connectivity index (χ0) is 15.9. The Morgan fingerprint density at radius 2 is 1.95 bits per heavy atom. The van der Waals surface area contributed by atoms with Crippen LogP contribution < -0.4 is 5.73 Å². The minimum absolute atomic E-state index is 0.219. The normalized spacial score (nSPS) is 17.7. The molecule has 0 aromatic rings. The molecule has 1 amide bonds. The van der Waals surface area contributed by atoms with Crippen LogP contribution in [0.15, 0.2) is 12.7 Å². The Balaban J connectivity index is 2.57. The minimum atomic E-state index is 0.219. The monoisotopic (exact) mass is 294 g/mol. The van der Waals surface area contributed by atoms with Gasteiger partial charge in [0.2, 0.25) is 5.91 Å². The van der Waals surface area contributed by atoms with Crippen LogP contribution in [0, 0.1) is 11.3 Å². The van der Waals surface area contributed by atoms with Crippen LogP contribution >= 0.6 is 0 Å². The maximum atomic E-state index is 12.6. The van der Waals surface area contributed by atoms with Crippen molar-refractivity contribution >= 4 is 5.91 Å². The van der Waals surface area contributed by atoms with E-state index in [1.807, 2.05) is 6.08 Å². The predicted octanol–water partition coefficient (Wildman–Crippen LogP) is 3.73. The molecule has 3 heteroatoms. The van der Waals surface area contributed by atoms with Crippen LogP contribution in [-0.2, 0) is 4.79 Å². The lowest BCUT2D eigenvalue weighted by atomic mass is 9.76. The molecule has 0 aliphatic heterocycles. The zero-order valence-corrected chi connectivity index (χ0v) is 14.2. The minimum Gasteiger partial charge on any atom is -0.336 e. The molecule has 0 saturated heterocycles. The van der Waals surface area contributed by atoms with Crippen molar-refractivity contribution in [1.82, 2.24) is 4.90 Å². The molecule has 1 rings (SSSR count). The van der Waals surface area contributed by atoms with Gasteiger partial charge in [-0.2, -0.15) is 0 Å². The van der Waals surface area contributed by atoms with Crippen molar-refractivity contribution in [3.63, 3.8) is 0 Å². The fraction of sp³-hybridized carbons (Fsp3) is 0.833. The van der Waals surface area contributed by atoms with Crippen molar-refractivity contribution in [1.29, 1.82) is 0 Å². The van der Waals surface area contributed by atoms with Crippen molar-refractivity contribution < 1.29 is 4.79 Å². The van der Waals surface area contributed by atoms with Gasteiger partial charge < -0.3 is 10.6 Å². The highest BCUT2D eigenvalue weighted by molar-refractivity contribution is 5.76. The topological polar surface area (TPSA) is 46.3 Å². The highest BCUT2D eigenvalue weighted by Crippen LogP contribution is 2.33. The number of hydrogen-bond donors (Lipinski definition) is 1. The lowest BCUT2D eigenvalue weighted by Gasteiger charge is -2.32. The molecule has 3 nitrogen and oxygen atoms in total. The van der Waals surface area contributed by atoms with Crippen molar-refractivity contribution in [2.45, 2.75) is 71.8 Å². The van der Waals surface area contributed by atoms with Crippen LogP contribution in [-0.4, -0.2) is 29.9 Å². The maximum absolute atomic E-state index is 12.6. The molecular formula is C18H34N2O. The van der Waals surface area contributed by atoms with E-state index in [0.29, 0.717) is 37.4 Å². The van der Waals surface area contributed by atoms with Gasteiger partial charge in [-0.15, -0.1) is 6.58 Å². The highest BCUT2D eigenvalue weighted by Gasteiger charge is 2.28. The third-order valence-corrected chi connectivity index (χ3v) is 4.86. The van der Waals surface area contributed by atoms with E-state index in [-0.39, 0.29) is 5.41 Å². The number of rotatable bonds is 8. The summed E-state index contributed by atoms with van der Waals surface area (Å²) >= 11 is 0. The third kappa shape index (κ3) is 5.82. The summed E-state index contributed by atoms with van der Waals surface area (Å²) in [6.45, 7) is 11.9. The molecule has 0 heterocycles. The lowest BCUT2D eigenvalue weighted by molar-refractivity contribution is -0.133. The lowest BCUT2D eigenvalue weighted by Crippen LogP contribution is -2.39. The molecule has 21 heavy (non-hydrogen) atoms. The van der Waals surface area contributed by atoms with Crippen molar-refractivity contribution in [2.75, 3.05) is 13.1 Å². The van der Waals surface area contributed by atoms with Gasteiger partial charge in [0.15, 0.2) is 0 Å². The number of carbonyl (C=O) groups is 1. The van der Waals surface area contributed by atoms with E-state index in [2.05, 4.69) is 32.3 Å². The molecular weight excluding hydrogens is 260 g/mol. The number of nitrogens with two attached hydrogens (primary N) is 1. The second kappa shape index (κ2) is 8.57. The van der Waals surface area contributed by atoms with Crippen LogP contribution in [0.5, 0.6) is 0 Å². The maximum Gasteiger partial charge on any atom is 0.223 e. The van der Waals surface area contributed by atoms with Gasteiger partial charge in [0.25, 0.3) is 0 Å². The molecule has 2 N–H and O–H groups in total. The zero-order valence-electron chi connectivity index (χ0n) is 14.2. The molecule has 122 valence electrons. The van der Waals surface area contributed by atoms with Gasteiger partial charge in [-0.05, 0) is 43.6 Å². The molecule has 1 aliphatic rings. The molecule has 1 aliphatic carbocycles. The molecule has 1 saturated carbocycles. The van der Waals surface area contributed by atoms with Gasteiger partial charge in [0, 0.05) is 19.0 Å². The first-order chi connectivity index (χ1) is 9.90. The van der Waals surface area contributed by atoms with Crippen LogP contribution in [0.2, 0.25) is 0 Å². The summed E-state index contributed by atoms with van der Waals surface area (Å²) in [5, 5.41) is 0. The first kappa shape index (κ1) is 18.2. The van der Waals surface area contributed by atoms with Crippen LogP contribution in [0.1, 0.15) is 65.7 Å². The Morgan fingerprint density at radius 3 is 2.43 bits per heavy atom. The fourth-order valence-corrected chi connectivity index (χ4v) is 3.46. The second-order valence-corrected chi connectivity index (χ2v) is 7.45. The van der Waals surface area contributed by atoms with Gasteiger partial charge in [0.1, 0.15) is 0 Å². The van der Waals surface area contributed by atoms with E-state index in [0.717, 1.165) is 25.7 Å². The second-order valence-electron chi connectivity index (χ2n) is 7.45.